The molecule has 0 aliphatic carbocycles. The normalized spacial score (nSPS) is 11.6. The van der Waals surface area contributed by atoms with Crippen molar-refractivity contribution in [1.29, 1.82) is 0 Å². The van der Waals surface area contributed by atoms with E-state index in [0.29, 0.717) is 5.56 Å². The van der Waals surface area contributed by atoms with Crippen LogP contribution in [0.15, 0.2) is 23.1 Å². The smallest absolute Gasteiger partial charge is 0.181 e. The summed E-state index contributed by atoms with van der Waals surface area (Å²) in [5.41, 5.74) is 0.387. The van der Waals surface area contributed by atoms with E-state index >= 15 is 0 Å². The molecule has 0 spiro atoms. The number of benzene rings is 1. The summed E-state index contributed by atoms with van der Waals surface area (Å²) in [5, 5.41) is 8.77. The van der Waals surface area contributed by atoms with Gasteiger partial charge in [0.25, 0.3) is 0 Å². The van der Waals surface area contributed by atoms with E-state index in [1.807, 2.05) is 0 Å². The lowest BCUT2D eigenvalue weighted by Gasteiger charge is -2.04. The lowest BCUT2D eigenvalue weighted by atomic mass is 10.2. The van der Waals surface area contributed by atoms with Gasteiger partial charge in [0.05, 0.1) is 12.4 Å². The maximum absolute atomic E-state index is 13.1. The zero-order chi connectivity index (χ0) is 10.8. The van der Waals surface area contributed by atoms with Crippen LogP contribution in [-0.2, 0) is 16.4 Å². The summed E-state index contributed by atoms with van der Waals surface area (Å²) in [5.74, 6) is -0.928. The molecular formula is C9H11FO3S. The fourth-order valence-electron chi connectivity index (χ4n) is 1.04. The highest BCUT2D eigenvalue weighted by molar-refractivity contribution is 7.91. The minimum Gasteiger partial charge on any atom is -0.392 e. The molecule has 0 atom stereocenters. The average Bonchev–Trinajstić information content (AvgIpc) is 2.18. The van der Waals surface area contributed by atoms with Crippen molar-refractivity contribution in [2.75, 3.05) is 5.75 Å². The first-order valence-electron chi connectivity index (χ1n) is 4.13. The number of hydrogen-bond donors (Lipinski definition) is 1. The molecule has 14 heavy (non-hydrogen) atoms. The van der Waals surface area contributed by atoms with Crippen LogP contribution < -0.4 is 0 Å². The van der Waals surface area contributed by atoms with Gasteiger partial charge >= 0.3 is 0 Å². The molecular weight excluding hydrogens is 207 g/mol. The van der Waals surface area contributed by atoms with Crippen LogP contribution >= 0.6 is 0 Å². The van der Waals surface area contributed by atoms with Gasteiger partial charge in [0.2, 0.25) is 0 Å². The molecule has 0 saturated carbocycles. The third kappa shape index (κ3) is 2.10. The van der Waals surface area contributed by atoms with E-state index in [0.717, 1.165) is 12.1 Å². The first kappa shape index (κ1) is 11.1. The van der Waals surface area contributed by atoms with Gasteiger partial charge in [-0.2, -0.15) is 0 Å². The molecule has 0 aliphatic heterocycles. The van der Waals surface area contributed by atoms with Crippen molar-refractivity contribution < 1.29 is 17.9 Å². The summed E-state index contributed by atoms with van der Waals surface area (Å²) < 4.78 is 35.9. The predicted octanol–water partition coefficient (Wildman–Crippen LogP) is 1.11. The number of rotatable bonds is 3. The van der Waals surface area contributed by atoms with Crippen LogP contribution in [0.3, 0.4) is 0 Å². The van der Waals surface area contributed by atoms with E-state index < -0.39 is 15.7 Å². The Morgan fingerprint density at radius 2 is 2.07 bits per heavy atom. The molecule has 0 aromatic heterocycles. The second-order valence-electron chi connectivity index (χ2n) is 2.83. The molecule has 0 radical (unpaired) electrons. The molecule has 1 N–H and O–H groups in total. The van der Waals surface area contributed by atoms with Crippen LogP contribution in [-0.4, -0.2) is 19.3 Å². The van der Waals surface area contributed by atoms with Crippen molar-refractivity contribution >= 4 is 9.84 Å². The number of halogens is 1. The Balaban J connectivity index is 3.33. The van der Waals surface area contributed by atoms with Crippen LogP contribution in [0.25, 0.3) is 0 Å². The summed E-state index contributed by atoms with van der Waals surface area (Å²) in [6.07, 6.45) is 0. The minimum atomic E-state index is -3.55. The average molecular weight is 218 g/mol. The van der Waals surface area contributed by atoms with E-state index in [-0.39, 0.29) is 17.3 Å². The largest absolute Gasteiger partial charge is 0.392 e. The van der Waals surface area contributed by atoms with Gasteiger partial charge in [0.15, 0.2) is 9.84 Å². The van der Waals surface area contributed by atoms with E-state index in [1.165, 1.54) is 13.0 Å². The molecule has 1 rings (SSSR count). The first-order chi connectivity index (χ1) is 6.51. The minimum absolute atomic E-state index is 0.154. The predicted molar refractivity (Wildman–Crippen MR) is 50.0 cm³/mol. The monoisotopic (exact) mass is 218 g/mol. The Morgan fingerprint density at radius 3 is 2.57 bits per heavy atom. The highest BCUT2D eigenvalue weighted by atomic mass is 32.2. The molecule has 78 valence electrons. The van der Waals surface area contributed by atoms with Crippen molar-refractivity contribution in [1.82, 2.24) is 0 Å². The molecule has 0 amide bonds. The Labute approximate surface area is 82.1 Å². The number of sulfone groups is 1. The topological polar surface area (TPSA) is 54.4 Å². The lowest BCUT2D eigenvalue weighted by Crippen LogP contribution is -2.07. The van der Waals surface area contributed by atoms with Crippen LogP contribution in [0.5, 0.6) is 0 Å². The van der Waals surface area contributed by atoms with Crippen molar-refractivity contribution in [2.24, 2.45) is 0 Å². The molecule has 0 aliphatic rings. The molecule has 0 bridgehead atoms. The Morgan fingerprint density at radius 1 is 1.43 bits per heavy atom. The summed E-state index contributed by atoms with van der Waals surface area (Å²) in [4.78, 5) is -0.341. The summed E-state index contributed by atoms with van der Waals surface area (Å²) in [7, 11) is -3.55. The van der Waals surface area contributed by atoms with Crippen molar-refractivity contribution in [3.63, 3.8) is 0 Å². The third-order valence-electron chi connectivity index (χ3n) is 1.89. The van der Waals surface area contributed by atoms with Gasteiger partial charge < -0.3 is 5.11 Å². The zero-order valence-corrected chi connectivity index (χ0v) is 8.51. The van der Waals surface area contributed by atoms with Gasteiger partial charge in [-0.1, -0.05) is 13.0 Å². The number of aliphatic hydroxyl groups is 1. The van der Waals surface area contributed by atoms with Crippen LogP contribution in [0.4, 0.5) is 4.39 Å². The van der Waals surface area contributed by atoms with E-state index in [9.17, 15) is 12.8 Å². The quantitative estimate of drug-likeness (QED) is 0.826. The van der Waals surface area contributed by atoms with Crippen LogP contribution in [0, 0.1) is 5.82 Å². The van der Waals surface area contributed by atoms with Gasteiger partial charge in [-0.15, -0.1) is 0 Å². The maximum atomic E-state index is 13.1. The lowest BCUT2D eigenvalue weighted by molar-refractivity contribution is 0.281. The molecule has 0 heterocycles. The molecule has 1 aromatic carbocycles. The van der Waals surface area contributed by atoms with Crippen molar-refractivity contribution in [2.45, 2.75) is 18.4 Å². The fraction of sp³-hybridized carbons (Fsp3) is 0.333. The van der Waals surface area contributed by atoms with Crippen LogP contribution in [0.2, 0.25) is 0 Å². The fourth-order valence-corrected chi connectivity index (χ4v) is 2.05. The third-order valence-corrected chi connectivity index (χ3v) is 3.64. The van der Waals surface area contributed by atoms with Crippen molar-refractivity contribution in [3.8, 4) is 0 Å². The van der Waals surface area contributed by atoms with Gasteiger partial charge in [0.1, 0.15) is 10.7 Å². The summed E-state index contributed by atoms with van der Waals surface area (Å²) in [6, 6.07) is 3.56. The second-order valence-corrected chi connectivity index (χ2v) is 5.07. The van der Waals surface area contributed by atoms with E-state index in [4.69, 9.17) is 5.11 Å². The van der Waals surface area contributed by atoms with E-state index in [1.54, 1.807) is 0 Å². The van der Waals surface area contributed by atoms with Gasteiger partial charge in [0, 0.05) is 0 Å². The summed E-state index contributed by atoms with van der Waals surface area (Å²) >= 11 is 0. The highest BCUT2D eigenvalue weighted by Crippen LogP contribution is 2.17. The standard InChI is InChI=1S/C9H11FO3S/c1-2-14(12,13)9-5-7(6-11)3-4-8(9)10/h3-5,11H,2,6H2,1H3. The van der Waals surface area contributed by atoms with Crippen molar-refractivity contribution in [3.05, 3.63) is 29.6 Å². The summed E-state index contributed by atoms with van der Waals surface area (Å²) in [6.45, 7) is 1.15. The SMILES string of the molecule is CCS(=O)(=O)c1cc(CO)ccc1F. The van der Waals surface area contributed by atoms with Gasteiger partial charge in [-0.25, -0.2) is 12.8 Å². The second kappa shape index (κ2) is 4.06. The van der Waals surface area contributed by atoms with E-state index in [2.05, 4.69) is 0 Å². The number of aliphatic hydroxyl groups excluding tert-OH is 1. The molecule has 5 heteroatoms. The molecule has 3 nitrogen and oxygen atoms in total. The zero-order valence-electron chi connectivity index (χ0n) is 7.70. The molecule has 0 fully saturated rings. The Bertz CT molecular complexity index is 426. The Hall–Kier alpha value is -0.940. The molecule has 0 saturated heterocycles. The molecule has 1 aromatic rings. The number of hydrogen-bond acceptors (Lipinski definition) is 3. The highest BCUT2D eigenvalue weighted by Gasteiger charge is 2.17. The van der Waals surface area contributed by atoms with Gasteiger partial charge in [-0.3, -0.25) is 0 Å². The van der Waals surface area contributed by atoms with Crippen LogP contribution in [0.1, 0.15) is 12.5 Å². The Kier molecular flexibility index (Phi) is 3.23. The maximum Gasteiger partial charge on any atom is 0.181 e. The molecule has 0 unspecified atom stereocenters. The first-order valence-corrected chi connectivity index (χ1v) is 5.78. The van der Waals surface area contributed by atoms with Gasteiger partial charge in [-0.05, 0) is 17.7 Å².